The zero-order chi connectivity index (χ0) is 22.4. The molecule has 0 aliphatic rings. The molecule has 2 amide bonds. The molecule has 0 aliphatic heterocycles. The average Bonchev–Trinajstić information content (AvgIpc) is 3.06. The van der Waals surface area contributed by atoms with Gasteiger partial charge < -0.3 is 14.4 Å². The maximum absolute atomic E-state index is 13.2. The summed E-state index contributed by atoms with van der Waals surface area (Å²) >= 11 is 12.1. The molecule has 2 rings (SSSR count). The van der Waals surface area contributed by atoms with E-state index in [1.807, 2.05) is 48.7 Å². The van der Waals surface area contributed by atoms with Crippen LogP contribution in [-0.4, -0.2) is 45.8 Å². The normalized spacial score (nSPS) is 11.2. The minimum absolute atomic E-state index is 0.0222. The number of amides is 2. The first-order valence-corrected chi connectivity index (χ1v) is 11.0. The molecule has 5 nitrogen and oxygen atoms in total. The molecule has 0 bridgehead atoms. The van der Waals surface area contributed by atoms with E-state index in [9.17, 15) is 9.59 Å². The monoisotopic (exact) mass is 451 g/mol. The van der Waals surface area contributed by atoms with Crippen molar-refractivity contribution in [3.63, 3.8) is 0 Å². The largest absolute Gasteiger partial charge is 0.353 e. The number of carbonyl (C=O) groups excluding carboxylic acids is 2. The van der Waals surface area contributed by atoms with Gasteiger partial charge in [-0.05, 0) is 42.2 Å². The number of rotatable bonds is 9. The topological polar surface area (TPSA) is 45.6 Å². The zero-order valence-corrected chi connectivity index (χ0v) is 19.9. The Morgan fingerprint density at radius 3 is 2.13 bits per heavy atom. The van der Waals surface area contributed by atoms with E-state index in [0.29, 0.717) is 41.2 Å². The van der Waals surface area contributed by atoms with Gasteiger partial charge >= 0.3 is 0 Å². The van der Waals surface area contributed by atoms with Crippen LogP contribution in [0.4, 0.5) is 0 Å². The summed E-state index contributed by atoms with van der Waals surface area (Å²) in [4.78, 5) is 29.8. The maximum atomic E-state index is 13.2. The molecule has 0 radical (unpaired) electrons. The molecule has 0 unspecified atom stereocenters. The van der Waals surface area contributed by atoms with Gasteiger partial charge in [-0.3, -0.25) is 9.59 Å². The second-order valence-corrected chi connectivity index (χ2v) is 9.30. The number of nitrogens with zero attached hydrogens (tertiary/aromatic N) is 3. The van der Waals surface area contributed by atoms with Crippen LogP contribution in [0.3, 0.4) is 0 Å². The molecular formula is C23H31Cl2N3O2. The lowest BCUT2D eigenvalue weighted by molar-refractivity contribution is -0.133. The van der Waals surface area contributed by atoms with E-state index in [0.717, 1.165) is 5.69 Å². The van der Waals surface area contributed by atoms with E-state index >= 15 is 0 Å². The lowest BCUT2D eigenvalue weighted by Gasteiger charge is -2.30. The van der Waals surface area contributed by atoms with Crippen molar-refractivity contribution in [3.05, 3.63) is 57.8 Å². The minimum Gasteiger partial charge on any atom is -0.353 e. The van der Waals surface area contributed by atoms with E-state index in [4.69, 9.17) is 23.2 Å². The van der Waals surface area contributed by atoms with Crippen LogP contribution < -0.4 is 0 Å². The number of aryl methyl sites for hydroxylation is 1. The lowest BCUT2D eigenvalue weighted by atomic mass is 10.1. The predicted molar refractivity (Wildman–Crippen MR) is 123 cm³/mol. The fourth-order valence-corrected chi connectivity index (χ4v) is 3.58. The minimum atomic E-state index is -0.223. The van der Waals surface area contributed by atoms with E-state index in [-0.39, 0.29) is 24.3 Å². The molecule has 1 aromatic heterocycles. The standard InChI is InChI=1S/C23H31Cl2N3O2/c1-16(2)12-27(14-19-7-6-10-26(19)5)22(29)15-28(13-17(3)4)23(30)18-8-9-20(24)21(25)11-18/h6-11,16-17H,12-15H2,1-5H3. The summed E-state index contributed by atoms with van der Waals surface area (Å²) < 4.78 is 2.01. The summed E-state index contributed by atoms with van der Waals surface area (Å²) in [6.07, 6.45) is 1.96. The highest BCUT2D eigenvalue weighted by atomic mass is 35.5. The van der Waals surface area contributed by atoms with Crippen LogP contribution in [0.5, 0.6) is 0 Å². The van der Waals surface area contributed by atoms with Crippen LogP contribution in [-0.2, 0) is 18.4 Å². The molecule has 30 heavy (non-hydrogen) atoms. The second kappa shape index (κ2) is 10.9. The Morgan fingerprint density at radius 2 is 1.60 bits per heavy atom. The molecule has 0 saturated heterocycles. The van der Waals surface area contributed by atoms with Crippen molar-refractivity contribution >= 4 is 35.0 Å². The van der Waals surface area contributed by atoms with Crippen molar-refractivity contribution in [2.24, 2.45) is 18.9 Å². The maximum Gasteiger partial charge on any atom is 0.254 e. The molecule has 7 heteroatoms. The van der Waals surface area contributed by atoms with Gasteiger partial charge in [0.05, 0.1) is 16.6 Å². The Bertz CT molecular complexity index is 877. The molecule has 0 saturated carbocycles. The molecular weight excluding hydrogens is 421 g/mol. The Balaban J connectivity index is 2.23. The molecule has 1 aromatic carbocycles. The number of halogens is 2. The summed E-state index contributed by atoms with van der Waals surface area (Å²) in [5.41, 5.74) is 1.48. The third kappa shape index (κ3) is 6.78. The molecule has 1 heterocycles. The van der Waals surface area contributed by atoms with E-state index < -0.39 is 0 Å². The third-order valence-electron chi connectivity index (χ3n) is 4.71. The van der Waals surface area contributed by atoms with Gasteiger partial charge in [0, 0.05) is 37.6 Å². The number of aromatic nitrogens is 1. The molecule has 0 spiro atoms. The van der Waals surface area contributed by atoms with Crippen molar-refractivity contribution < 1.29 is 9.59 Å². The van der Waals surface area contributed by atoms with Crippen LogP contribution in [0.1, 0.15) is 43.7 Å². The molecule has 0 aliphatic carbocycles. The van der Waals surface area contributed by atoms with Gasteiger partial charge in [0.15, 0.2) is 0 Å². The quantitative estimate of drug-likeness (QED) is 0.531. The van der Waals surface area contributed by atoms with Gasteiger partial charge in [-0.1, -0.05) is 50.9 Å². The predicted octanol–water partition coefficient (Wildman–Crippen LogP) is 5.11. The lowest BCUT2D eigenvalue weighted by Crippen LogP contribution is -2.45. The van der Waals surface area contributed by atoms with Crippen molar-refractivity contribution in [2.75, 3.05) is 19.6 Å². The molecule has 0 atom stereocenters. The van der Waals surface area contributed by atoms with Gasteiger partial charge in [-0.25, -0.2) is 0 Å². The van der Waals surface area contributed by atoms with Crippen LogP contribution in [0.15, 0.2) is 36.5 Å². The molecule has 164 valence electrons. The first-order valence-electron chi connectivity index (χ1n) is 10.2. The van der Waals surface area contributed by atoms with Crippen LogP contribution in [0.2, 0.25) is 10.0 Å². The highest BCUT2D eigenvalue weighted by molar-refractivity contribution is 6.42. The summed E-state index contributed by atoms with van der Waals surface area (Å²) in [5, 5.41) is 0.717. The van der Waals surface area contributed by atoms with Gasteiger partial charge in [0.1, 0.15) is 6.54 Å². The fourth-order valence-electron chi connectivity index (χ4n) is 3.29. The Morgan fingerprint density at radius 1 is 0.967 bits per heavy atom. The van der Waals surface area contributed by atoms with Crippen molar-refractivity contribution in [1.82, 2.24) is 14.4 Å². The highest BCUT2D eigenvalue weighted by Crippen LogP contribution is 2.23. The van der Waals surface area contributed by atoms with Crippen molar-refractivity contribution in [1.29, 1.82) is 0 Å². The summed E-state index contributed by atoms with van der Waals surface area (Å²) in [6.45, 7) is 9.84. The first kappa shape index (κ1) is 24.3. The van der Waals surface area contributed by atoms with E-state index in [1.54, 1.807) is 23.1 Å². The third-order valence-corrected chi connectivity index (χ3v) is 5.45. The first-order chi connectivity index (χ1) is 14.1. The van der Waals surface area contributed by atoms with Gasteiger partial charge in [0.25, 0.3) is 5.91 Å². The number of hydrogen-bond acceptors (Lipinski definition) is 2. The highest BCUT2D eigenvalue weighted by Gasteiger charge is 2.24. The Hall–Kier alpha value is -1.98. The van der Waals surface area contributed by atoms with Crippen molar-refractivity contribution in [2.45, 2.75) is 34.2 Å². The van der Waals surface area contributed by atoms with Crippen molar-refractivity contribution in [3.8, 4) is 0 Å². The summed E-state index contributed by atoms with van der Waals surface area (Å²) in [7, 11) is 1.96. The number of hydrogen-bond donors (Lipinski definition) is 0. The smallest absolute Gasteiger partial charge is 0.254 e. The van der Waals surface area contributed by atoms with Gasteiger partial charge in [0.2, 0.25) is 5.91 Å². The van der Waals surface area contributed by atoms with Gasteiger partial charge in [-0.15, -0.1) is 0 Å². The Kier molecular flexibility index (Phi) is 8.80. The van der Waals surface area contributed by atoms with Gasteiger partial charge in [-0.2, -0.15) is 0 Å². The van der Waals surface area contributed by atoms with Crippen LogP contribution in [0, 0.1) is 11.8 Å². The van der Waals surface area contributed by atoms with Crippen LogP contribution >= 0.6 is 23.2 Å². The number of carbonyl (C=O) groups is 2. The Labute approximate surface area is 189 Å². The molecule has 0 fully saturated rings. The summed E-state index contributed by atoms with van der Waals surface area (Å²) in [5.74, 6) is 0.243. The number of benzene rings is 1. The molecule has 0 N–H and O–H groups in total. The second-order valence-electron chi connectivity index (χ2n) is 8.49. The summed E-state index contributed by atoms with van der Waals surface area (Å²) in [6, 6.07) is 8.77. The van der Waals surface area contributed by atoms with E-state index in [1.165, 1.54) is 0 Å². The van der Waals surface area contributed by atoms with Crippen LogP contribution in [0.25, 0.3) is 0 Å². The van der Waals surface area contributed by atoms with E-state index in [2.05, 4.69) is 13.8 Å². The zero-order valence-electron chi connectivity index (χ0n) is 18.4. The SMILES string of the molecule is CC(C)CN(Cc1cccn1C)C(=O)CN(CC(C)C)C(=O)c1ccc(Cl)c(Cl)c1. The average molecular weight is 452 g/mol. The molecule has 2 aromatic rings. The fraction of sp³-hybridized carbons (Fsp3) is 0.478.